The predicted octanol–water partition coefficient (Wildman–Crippen LogP) is 3.61. The van der Waals surface area contributed by atoms with E-state index in [1.165, 1.54) is 32.1 Å². The highest BCUT2D eigenvalue weighted by Crippen LogP contribution is 2.21. The van der Waals surface area contributed by atoms with Gasteiger partial charge in [-0.15, -0.1) is 0 Å². The van der Waals surface area contributed by atoms with Crippen molar-refractivity contribution >= 4 is 11.8 Å². The van der Waals surface area contributed by atoms with Crippen LogP contribution in [0.5, 0.6) is 0 Å². The third-order valence-electron chi connectivity index (χ3n) is 5.64. The number of amides is 2. The van der Waals surface area contributed by atoms with Gasteiger partial charge in [-0.25, -0.2) is 0 Å². The van der Waals surface area contributed by atoms with Crippen LogP contribution in [0.2, 0.25) is 0 Å². The molecule has 1 N–H and O–H groups in total. The van der Waals surface area contributed by atoms with Crippen LogP contribution in [0.1, 0.15) is 64.0 Å². The topological polar surface area (TPSA) is 52.7 Å². The summed E-state index contributed by atoms with van der Waals surface area (Å²) in [5.41, 5.74) is 0.831. The lowest BCUT2D eigenvalue weighted by Crippen LogP contribution is -2.45. The molecule has 1 aliphatic rings. The molecule has 28 heavy (non-hydrogen) atoms. The fraction of sp³-hybridized carbons (Fsp3) is 0.652. The average molecular weight is 388 g/mol. The Kier molecular flexibility index (Phi) is 8.97. The zero-order valence-corrected chi connectivity index (χ0v) is 18.0. The fourth-order valence-electron chi connectivity index (χ4n) is 3.87. The Hall–Kier alpha value is -1.88. The normalized spacial score (nSPS) is 16.2. The number of carbonyl (C=O) groups is 2. The zero-order valence-electron chi connectivity index (χ0n) is 18.0. The van der Waals surface area contributed by atoms with E-state index in [1.807, 2.05) is 51.2 Å². The van der Waals surface area contributed by atoms with Crippen LogP contribution in [-0.4, -0.2) is 54.8 Å². The van der Waals surface area contributed by atoms with E-state index in [0.717, 1.165) is 12.1 Å². The van der Waals surface area contributed by atoms with Crippen molar-refractivity contribution in [2.24, 2.45) is 5.92 Å². The summed E-state index contributed by atoms with van der Waals surface area (Å²) < 4.78 is 0. The molecule has 0 aliphatic heterocycles. The monoisotopic (exact) mass is 387 g/mol. The minimum Gasteiger partial charge on any atom is -0.342 e. The molecule has 1 aromatic rings. The molecule has 0 bridgehead atoms. The lowest BCUT2D eigenvalue weighted by Gasteiger charge is -2.33. The van der Waals surface area contributed by atoms with E-state index in [-0.39, 0.29) is 17.7 Å². The van der Waals surface area contributed by atoms with Gasteiger partial charge in [0.05, 0.1) is 0 Å². The first-order valence-corrected chi connectivity index (χ1v) is 10.7. The van der Waals surface area contributed by atoms with Gasteiger partial charge in [-0.05, 0) is 31.4 Å². The summed E-state index contributed by atoms with van der Waals surface area (Å²) in [4.78, 5) is 29.6. The number of hydrogen-bond donors (Lipinski definition) is 1. The number of rotatable bonds is 9. The van der Waals surface area contributed by atoms with Gasteiger partial charge >= 0.3 is 0 Å². The van der Waals surface area contributed by atoms with Crippen LogP contribution in [0.15, 0.2) is 30.3 Å². The van der Waals surface area contributed by atoms with E-state index in [1.54, 1.807) is 4.90 Å². The summed E-state index contributed by atoms with van der Waals surface area (Å²) in [7, 11) is 4.00. The second kappa shape index (κ2) is 11.2. The summed E-state index contributed by atoms with van der Waals surface area (Å²) in [5, 5.41) is 2.95. The second-order valence-corrected chi connectivity index (χ2v) is 8.54. The van der Waals surface area contributed by atoms with Crippen molar-refractivity contribution < 1.29 is 9.59 Å². The first-order valence-electron chi connectivity index (χ1n) is 10.7. The van der Waals surface area contributed by atoms with Crippen LogP contribution in [0.25, 0.3) is 0 Å². The molecule has 1 atom stereocenters. The Morgan fingerprint density at radius 3 is 2.29 bits per heavy atom. The smallest absolute Gasteiger partial charge is 0.249 e. The minimum absolute atomic E-state index is 0.0552. The molecule has 1 aromatic carbocycles. The Labute approximate surface area is 170 Å². The highest BCUT2D eigenvalue weighted by Gasteiger charge is 2.26. The van der Waals surface area contributed by atoms with Gasteiger partial charge in [-0.1, -0.05) is 63.4 Å². The Balaban J connectivity index is 1.98. The quantitative estimate of drug-likeness (QED) is 0.704. The average Bonchev–Trinajstić information content (AvgIpc) is 2.70. The van der Waals surface area contributed by atoms with E-state index < -0.39 is 6.04 Å². The number of nitrogens with one attached hydrogen (secondary N) is 1. The second-order valence-electron chi connectivity index (χ2n) is 8.54. The molecule has 0 heterocycles. The van der Waals surface area contributed by atoms with Gasteiger partial charge in [0.1, 0.15) is 6.04 Å². The number of carbonyl (C=O) groups excluding carboxylic acids is 2. The molecule has 156 valence electrons. The fourth-order valence-corrected chi connectivity index (χ4v) is 3.87. The molecule has 0 aromatic heterocycles. The molecule has 2 rings (SSSR count). The van der Waals surface area contributed by atoms with Crippen LogP contribution in [0.3, 0.4) is 0 Å². The first-order chi connectivity index (χ1) is 13.4. The van der Waals surface area contributed by atoms with E-state index in [4.69, 9.17) is 0 Å². The van der Waals surface area contributed by atoms with Crippen molar-refractivity contribution in [3.8, 4) is 0 Å². The zero-order chi connectivity index (χ0) is 20.5. The maximum absolute atomic E-state index is 13.1. The van der Waals surface area contributed by atoms with E-state index in [2.05, 4.69) is 17.3 Å². The third-order valence-corrected chi connectivity index (χ3v) is 5.64. The Morgan fingerprint density at radius 2 is 1.68 bits per heavy atom. The van der Waals surface area contributed by atoms with Gasteiger partial charge in [0.15, 0.2) is 0 Å². The van der Waals surface area contributed by atoms with Crippen LogP contribution < -0.4 is 5.32 Å². The van der Waals surface area contributed by atoms with Crippen molar-refractivity contribution in [3.05, 3.63) is 35.9 Å². The van der Waals surface area contributed by atoms with Crippen molar-refractivity contribution in [1.29, 1.82) is 0 Å². The van der Waals surface area contributed by atoms with Gasteiger partial charge in [-0.3, -0.25) is 9.59 Å². The lowest BCUT2D eigenvalue weighted by molar-refractivity contribution is -0.136. The summed E-state index contributed by atoms with van der Waals surface area (Å²) in [5.74, 6) is 0.124. The molecule has 1 saturated carbocycles. The summed E-state index contributed by atoms with van der Waals surface area (Å²) in [6.45, 7) is 5.53. The van der Waals surface area contributed by atoms with Crippen molar-refractivity contribution in [2.75, 3.05) is 27.2 Å². The van der Waals surface area contributed by atoms with Crippen LogP contribution in [-0.2, 0) is 9.59 Å². The van der Waals surface area contributed by atoms with Crippen LogP contribution in [0, 0.1) is 5.92 Å². The molecule has 0 spiro atoms. The van der Waals surface area contributed by atoms with E-state index in [9.17, 15) is 9.59 Å². The minimum atomic E-state index is -0.627. The highest BCUT2D eigenvalue weighted by molar-refractivity contribution is 5.88. The Bertz CT molecular complexity index is 612. The molecule has 5 heteroatoms. The van der Waals surface area contributed by atoms with Crippen molar-refractivity contribution in [3.63, 3.8) is 0 Å². The molecule has 1 fully saturated rings. The highest BCUT2D eigenvalue weighted by atomic mass is 16.2. The van der Waals surface area contributed by atoms with E-state index >= 15 is 0 Å². The third kappa shape index (κ3) is 6.93. The largest absolute Gasteiger partial charge is 0.342 e. The van der Waals surface area contributed by atoms with Gasteiger partial charge in [0, 0.05) is 32.6 Å². The van der Waals surface area contributed by atoms with Crippen LogP contribution in [0.4, 0.5) is 0 Å². The standard InChI is InChI=1S/C23H37N3O2/c1-18(2)17-21(27)24-22(19-11-7-5-8-12-19)23(28)26(4)16-15-25(3)20-13-9-6-10-14-20/h5,7-8,11-12,18,20,22H,6,9-10,13-17H2,1-4H3,(H,24,27). The van der Waals surface area contributed by atoms with Crippen molar-refractivity contribution in [2.45, 2.75) is 64.5 Å². The number of likely N-dealkylation sites (N-methyl/N-ethyl adjacent to an activating group) is 2. The predicted molar refractivity (Wildman–Crippen MR) is 114 cm³/mol. The molecule has 2 amide bonds. The maximum atomic E-state index is 13.1. The Morgan fingerprint density at radius 1 is 1.04 bits per heavy atom. The maximum Gasteiger partial charge on any atom is 0.249 e. The molecular formula is C23H37N3O2. The molecule has 0 radical (unpaired) electrons. The molecule has 5 nitrogen and oxygen atoms in total. The SMILES string of the molecule is CC(C)CC(=O)NC(C(=O)N(C)CCN(C)C1CCCCC1)c1ccccc1. The molecular weight excluding hydrogens is 350 g/mol. The number of hydrogen-bond acceptors (Lipinski definition) is 3. The summed E-state index contributed by atoms with van der Waals surface area (Å²) in [6.07, 6.45) is 6.89. The summed E-state index contributed by atoms with van der Waals surface area (Å²) in [6, 6.07) is 9.54. The number of nitrogens with zero attached hydrogens (tertiary/aromatic N) is 2. The number of benzene rings is 1. The van der Waals surface area contributed by atoms with Crippen molar-refractivity contribution in [1.82, 2.24) is 15.1 Å². The molecule has 1 aliphatic carbocycles. The van der Waals surface area contributed by atoms with Crippen LogP contribution >= 0.6 is 0 Å². The molecule has 0 saturated heterocycles. The van der Waals surface area contributed by atoms with Gasteiger partial charge in [0.2, 0.25) is 11.8 Å². The first kappa shape index (κ1) is 22.4. The van der Waals surface area contributed by atoms with Gasteiger partial charge in [0.25, 0.3) is 0 Å². The van der Waals surface area contributed by atoms with E-state index in [0.29, 0.717) is 19.0 Å². The summed E-state index contributed by atoms with van der Waals surface area (Å²) >= 11 is 0. The molecule has 1 unspecified atom stereocenters. The van der Waals surface area contributed by atoms with Gasteiger partial charge in [-0.2, -0.15) is 0 Å². The van der Waals surface area contributed by atoms with Gasteiger partial charge < -0.3 is 15.1 Å². The lowest BCUT2D eigenvalue weighted by atomic mass is 9.94.